The number of anilines is 1. The minimum atomic E-state index is -1.25. The predicted molar refractivity (Wildman–Crippen MR) is 141 cm³/mol. The van der Waals surface area contributed by atoms with Gasteiger partial charge in [0.2, 0.25) is 5.91 Å². The first-order chi connectivity index (χ1) is 16.3. The molecule has 0 fully saturated rings. The maximum Gasteiger partial charge on any atom is 0.318 e. The molecule has 1 heterocycles. The summed E-state index contributed by atoms with van der Waals surface area (Å²) < 4.78 is 5.34. The summed E-state index contributed by atoms with van der Waals surface area (Å²) in [7, 11) is 1.63. The van der Waals surface area contributed by atoms with E-state index < -0.39 is 11.4 Å². The molecule has 1 amide bonds. The highest BCUT2D eigenvalue weighted by Gasteiger charge is 2.44. The van der Waals surface area contributed by atoms with Gasteiger partial charge in [-0.25, -0.2) is 0 Å². The molecule has 1 unspecified atom stereocenters. The summed E-state index contributed by atoms with van der Waals surface area (Å²) in [5, 5.41) is 12.6. The van der Waals surface area contributed by atoms with Gasteiger partial charge in [-0.1, -0.05) is 18.2 Å². The quantitative estimate of drug-likeness (QED) is 0.487. The fraction of sp³-hybridized carbons (Fsp3) is 0.400. The molecule has 0 bridgehead atoms. The molecule has 0 radical (unpaired) electrons. The van der Waals surface area contributed by atoms with E-state index in [9.17, 15) is 14.7 Å². The van der Waals surface area contributed by atoms with E-state index in [1.54, 1.807) is 21.0 Å². The minimum absolute atomic E-state index is 0.0107. The lowest BCUT2D eigenvalue weighted by Crippen LogP contribution is -2.51. The van der Waals surface area contributed by atoms with Crippen LogP contribution in [0.3, 0.4) is 0 Å². The number of carbonyl (C=O) groups excluding carboxylic acids is 1. The van der Waals surface area contributed by atoms with Gasteiger partial charge >= 0.3 is 5.97 Å². The first kappa shape index (κ1) is 24.8. The average Bonchev–Trinajstić information content (AvgIpc) is 2.80. The smallest absolute Gasteiger partial charge is 0.318 e. The van der Waals surface area contributed by atoms with Gasteiger partial charge in [-0.15, -0.1) is 0 Å². The normalized spacial score (nSPS) is 16.5. The molecular weight excluding hydrogens is 438 g/mol. The SMILES string of the molecule is COc1ccc2cc(C(C)(C(=O)O)c3c(C)c(C)c4c(c3C)CCC(C)(C)N4C(C)=O)ccc2c1. The highest BCUT2D eigenvalue weighted by Crippen LogP contribution is 2.47. The van der Waals surface area contributed by atoms with Crippen molar-refractivity contribution < 1.29 is 19.4 Å². The highest BCUT2D eigenvalue weighted by atomic mass is 16.5. The maximum absolute atomic E-state index is 13.0. The number of hydrogen-bond acceptors (Lipinski definition) is 3. The monoisotopic (exact) mass is 473 g/mol. The van der Waals surface area contributed by atoms with Crippen LogP contribution in [-0.4, -0.2) is 29.6 Å². The van der Waals surface area contributed by atoms with Gasteiger partial charge in [0.1, 0.15) is 11.2 Å². The van der Waals surface area contributed by atoms with E-state index in [4.69, 9.17) is 4.74 Å². The third-order valence-corrected chi connectivity index (χ3v) is 8.09. The number of aliphatic carboxylic acids is 1. The lowest BCUT2D eigenvalue weighted by Gasteiger charge is -2.46. The van der Waals surface area contributed by atoms with Crippen molar-refractivity contribution in [3.63, 3.8) is 0 Å². The maximum atomic E-state index is 13.0. The molecule has 35 heavy (non-hydrogen) atoms. The number of nitrogens with zero attached hydrogens (tertiary/aromatic N) is 1. The van der Waals surface area contributed by atoms with Crippen molar-refractivity contribution in [3.8, 4) is 5.75 Å². The van der Waals surface area contributed by atoms with Crippen molar-refractivity contribution in [2.75, 3.05) is 12.0 Å². The third kappa shape index (κ3) is 3.69. The molecule has 1 N–H and O–H groups in total. The predicted octanol–water partition coefficient (Wildman–Crippen LogP) is 6.24. The van der Waals surface area contributed by atoms with E-state index in [0.717, 1.165) is 68.4 Å². The molecule has 1 aliphatic heterocycles. The van der Waals surface area contributed by atoms with Crippen LogP contribution in [0.2, 0.25) is 0 Å². The number of fused-ring (bicyclic) bond motifs is 2. The van der Waals surface area contributed by atoms with Crippen LogP contribution < -0.4 is 9.64 Å². The van der Waals surface area contributed by atoms with Gasteiger partial charge in [0.15, 0.2) is 0 Å². The topological polar surface area (TPSA) is 66.8 Å². The molecule has 0 aromatic heterocycles. The largest absolute Gasteiger partial charge is 0.497 e. The molecule has 0 spiro atoms. The standard InChI is InChI=1S/C30H35NO4/c1-17-18(2)27-25(13-14-29(5,6)31(27)20(4)32)19(3)26(17)30(7,28(33)34)23-11-9-22-16-24(35-8)12-10-21(22)15-23/h9-12,15-16H,13-14H2,1-8H3,(H,33,34). The van der Waals surface area contributed by atoms with Gasteiger partial charge in [0, 0.05) is 12.5 Å². The van der Waals surface area contributed by atoms with E-state index >= 15 is 0 Å². The van der Waals surface area contributed by atoms with Crippen LogP contribution in [0.5, 0.6) is 5.75 Å². The lowest BCUT2D eigenvalue weighted by atomic mass is 9.69. The number of ether oxygens (including phenoxy) is 1. The van der Waals surface area contributed by atoms with Crippen molar-refractivity contribution in [1.82, 2.24) is 0 Å². The van der Waals surface area contributed by atoms with E-state index in [0.29, 0.717) is 0 Å². The van der Waals surface area contributed by atoms with Crippen LogP contribution >= 0.6 is 0 Å². The van der Waals surface area contributed by atoms with E-state index in [2.05, 4.69) is 13.8 Å². The Kier molecular flexibility index (Phi) is 5.95. The minimum Gasteiger partial charge on any atom is -0.497 e. The van der Waals surface area contributed by atoms with Crippen molar-refractivity contribution in [1.29, 1.82) is 0 Å². The number of carboxylic acids is 1. The third-order valence-electron chi connectivity index (χ3n) is 8.09. The van der Waals surface area contributed by atoms with Gasteiger partial charge in [0.05, 0.1) is 12.8 Å². The van der Waals surface area contributed by atoms with Crippen LogP contribution in [0.15, 0.2) is 36.4 Å². The Morgan fingerprint density at radius 1 is 1.00 bits per heavy atom. The number of carboxylic acid groups (broad SMARTS) is 1. The van der Waals surface area contributed by atoms with Crippen molar-refractivity contribution in [3.05, 3.63) is 69.8 Å². The summed E-state index contributed by atoms with van der Waals surface area (Å²) >= 11 is 0. The Balaban J connectivity index is 2.00. The van der Waals surface area contributed by atoms with Crippen molar-refractivity contribution in [2.24, 2.45) is 0 Å². The zero-order valence-corrected chi connectivity index (χ0v) is 22.0. The number of rotatable bonds is 4. The molecule has 5 heteroatoms. The summed E-state index contributed by atoms with van der Waals surface area (Å²) in [5.41, 5.74) is 4.89. The molecule has 184 valence electrons. The van der Waals surface area contributed by atoms with E-state index in [1.165, 1.54) is 0 Å². The summed E-state index contributed by atoms with van der Waals surface area (Å²) in [6.45, 7) is 13.6. The zero-order chi connectivity index (χ0) is 25.9. The van der Waals surface area contributed by atoms with Gasteiger partial charge in [-0.2, -0.15) is 0 Å². The second-order valence-corrected chi connectivity index (χ2v) is 10.6. The molecule has 3 aromatic carbocycles. The second-order valence-electron chi connectivity index (χ2n) is 10.6. The fourth-order valence-electron chi connectivity index (χ4n) is 6.03. The molecule has 5 nitrogen and oxygen atoms in total. The van der Waals surface area contributed by atoms with Crippen LogP contribution in [-0.2, 0) is 21.4 Å². The van der Waals surface area contributed by atoms with E-state index in [1.807, 2.05) is 62.1 Å². The average molecular weight is 474 g/mol. The van der Waals surface area contributed by atoms with Gasteiger partial charge in [-0.05, 0) is 117 Å². The Morgan fingerprint density at radius 3 is 2.23 bits per heavy atom. The molecule has 1 atom stereocenters. The van der Waals surface area contributed by atoms with Gasteiger partial charge < -0.3 is 14.7 Å². The summed E-state index contributed by atoms with van der Waals surface area (Å²) in [4.78, 5) is 27.7. The lowest BCUT2D eigenvalue weighted by molar-refractivity contribution is -0.141. The Morgan fingerprint density at radius 2 is 1.63 bits per heavy atom. The first-order valence-electron chi connectivity index (χ1n) is 12.1. The number of benzene rings is 3. The number of hydrogen-bond donors (Lipinski definition) is 1. The van der Waals surface area contributed by atoms with Crippen LogP contribution in [0.25, 0.3) is 10.8 Å². The molecule has 4 rings (SSSR count). The number of carbonyl (C=O) groups is 2. The summed E-state index contributed by atoms with van der Waals surface area (Å²) in [6, 6.07) is 11.7. The zero-order valence-electron chi connectivity index (χ0n) is 22.0. The summed E-state index contributed by atoms with van der Waals surface area (Å²) in [6.07, 6.45) is 1.63. The van der Waals surface area contributed by atoms with Crippen LogP contribution in [0, 0.1) is 20.8 Å². The first-order valence-corrected chi connectivity index (χ1v) is 12.1. The molecule has 0 aliphatic carbocycles. The Bertz CT molecular complexity index is 1370. The number of amides is 1. The number of methoxy groups -OCH3 is 1. The second kappa shape index (κ2) is 8.40. The van der Waals surface area contributed by atoms with Gasteiger partial charge in [-0.3, -0.25) is 9.59 Å². The summed E-state index contributed by atoms with van der Waals surface area (Å²) in [5.74, 6) is -0.117. The molecule has 0 saturated heterocycles. The molecule has 3 aromatic rings. The van der Waals surface area contributed by atoms with E-state index in [-0.39, 0.29) is 11.4 Å². The van der Waals surface area contributed by atoms with Crippen LogP contribution in [0.1, 0.15) is 67.5 Å². The molecule has 0 saturated carbocycles. The van der Waals surface area contributed by atoms with Gasteiger partial charge in [0.25, 0.3) is 0 Å². The molecular formula is C30H35NO4. The Labute approximate surface area is 207 Å². The highest BCUT2D eigenvalue weighted by molar-refractivity contribution is 5.97. The Hall–Kier alpha value is -3.34. The molecule has 1 aliphatic rings. The fourth-order valence-corrected chi connectivity index (χ4v) is 6.03. The van der Waals surface area contributed by atoms with Crippen molar-refractivity contribution in [2.45, 2.75) is 72.3 Å². The van der Waals surface area contributed by atoms with Crippen LogP contribution in [0.4, 0.5) is 5.69 Å². The van der Waals surface area contributed by atoms with Crippen molar-refractivity contribution >= 4 is 28.3 Å².